The Morgan fingerprint density at radius 3 is 2.92 bits per heavy atom. The van der Waals surface area contributed by atoms with Crippen molar-refractivity contribution >= 4 is 29.7 Å². The average Bonchev–Trinajstić information content (AvgIpc) is 2.47. The summed E-state index contributed by atoms with van der Waals surface area (Å²) < 4.78 is 2.00. The molecule has 0 bridgehead atoms. The molecule has 0 radical (unpaired) electrons. The van der Waals surface area contributed by atoms with Crippen LogP contribution in [0.25, 0.3) is 5.65 Å². The largest absolute Gasteiger partial charge is 0.307 e. The van der Waals surface area contributed by atoms with Crippen LogP contribution in [-0.4, -0.2) is 15.3 Å². The first-order chi connectivity index (χ1) is 5.90. The van der Waals surface area contributed by atoms with E-state index in [1.807, 2.05) is 35.0 Å². The number of fused-ring (bicyclic) bond motifs is 1. The number of hydrogen-bond acceptors (Lipinski definition) is 1. The van der Waals surface area contributed by atoms with Crippen molar-refractivity contribution < 1.29 is 0 Å². The van der Waals surface area contributed by atoms with Gasteiger partial charge in [-0.2, -0.15) is 0 Å². The highest BCUT2D eigenvalue weighted by Gasteiger charge is 1.98. The zero-order valence-corrected chi connectivity index (χ0v) is 8.55. The topological polar surface area (TPSA) is 17.3 Å². The Morgan fingerprint density at radius 1 is 1.38 bits per heavy atom. The van der Waals surface area contributed by atoms with E-state index < -0.39 is 0 Å². The second-order valence-corrected chi connectivity index (χ2v) is 3.02. The second-order valence-electron chi connectivity index (χ2n) is 2.64. The van der Waals surface area contributed by atoms with Gasteiger partial charge in [0, 0.05) is 24.7 Å². The Labute approximate surface area is 88.0 Å². The second kappa shape index (κ2) is 4.49. The van der Waals surface area contributed by atoms with Gasteiger partial charge >= 0.3 is 0 Å². The number of nitrogens with zero attached hydrogens (tertiary/aromatic N) is 2. The molecular formula is C9H10Cl2N2. The van der Waals surface area contributed by atoms with Gasteiger partial charge in [0.15, 0.2) is 0 Å². The summed E-state index contributed by atoms with van der Waals surface area (Å²) in [5.74, 6) is 0.629. The van der Waals surface area contributed by atoms with E-state index in [-0.39, 0.29) is 12.4 Å². The van der Waals surface area contributed by atoms with E-state index in [9.17, 15) is 0 Å². The molecule has 0 atom stereocenters. The van der Waals surface area contributed by atoms with Gasteiger partial charge in [0.2, 0.25) is 0 Å². The van der Waals surface area contributed by atoms with Crippen molar-refractivity contribution in [2.45, 2.75) is 6.42 Å². The maximum absolute atomic E-state index is 5.61. The lowest BCUT2D eigenvalue weighted by Crippen LogP contribution is -1.83. The minimum atomic E-state index is 0. The van der Waals surface area contributed by atoms with Gasteiger partial charge < -0.3 is 4.40 Å². The number of pyridine rings is 1. The first-order valence-corrected chi connectivity index (χ1v) is 4.42. The third-order valence-corrected chi connectivity index (χ3v) is 1.95. The summed E-state index contributed by atoms with van der Waals surface area (Å²) >= 11 is 5.61. The van der Waals surface area contributed by atoms with Crippen LogP contribution in [0.4, 0.5) is 0 Å². The van der Waals surface area contributed by atoms with Crippen molar-refractivity contribution in [1.82, 2.24) is 9.38 Å². The van der Waals surface area contributed by atoms with Crippen molar-refractivity contribution in [2.75, 3.05) is 5.88 Å². The van der Waals surface area contributed by atoms with Gasteiger partial charge in [0.05, 0.1) is 5.69 Å². The molecule has 2 aromatic heterocycles. The summed E-state index contributed by atoms with van der Waals surface area (Å²) in [6, 6.07) is 5.95. The van der Waals surface area contributed by atoms with Gasteiger partial charge in [0.25, 0.3) is 0 Å². The molecule has 0 aliphatic heterocycles. The van der Waals surface area contributed by atoms with Crippen molar-refractivity contribution in [2.24, 2.45) is 0 Å². The smallest absolute Gasteiger partial charge is 0.136 e. The Kier molecular flexibility index (Phi) is 3.58. The summed E-state index contributed by atoms with van der Waals surface area (Å²) in [5, 5.41) is 0. The fourth-order valence-corrected chi connectivity index (χ4v) is 1.40. The zero-order valence-electron chi connectivity index (χ0n) is 6.98. The molecule has 0 unspecified atom stereocenters. The van der Waals surface area contributed by atoms with Crippen LogP contribution in [0.3, 0.4) is 0 Å². The standard InChI is InChI=1S/C9H9ClN2.ClH/c10-5-4-8-7-12-6-2-1-3-9(12)11-8;/h1-3,6-7H,4-5H2;1H. The molecule has 2 heterocycles. The third-order valence-electron chi connectivity index (χ3n) is 1.76. The van der Waals surface area contributed by atoms with Crippen molar-refractivity contribution in [3.63, 3.8) is 0 Å². The summed E-state index contributed by atoms with van der Waals surface area (Å²) in [6.07, 6.45) is 4.83. The number of imidazole rings is 1. The molecule has 2 nitrogen and oxygen atoms in total. The molecule has 4 heteroatoms. The average molecular weight is 217 g/mol. The van der Waals surface area contributed by atoms with Crippen LogP contribution in [0, 0.1) is 0 Å². The van der Waals surface area contributed by atoms with Crippen LogP contribution < -0.4 is 0 Å². The highest BCUT2D eigenvalue weighted by molar-refractivity contribution is 6.17. The Morgan fingerprint density at radius 2 is 2.23 bits per heavy atom. The fourth-order valence-electron chi connectivity index (χ4n) is 1.20. The van der Waals surface area contributed by atoms with Gasteiger partial charge in [-0.3, -0.25) is 0 Å². The molecule has 2 rings (SSSR count). The minimum Gasteiger partial charge on any atom is -0.307 e. The first-order valence-electron chi connectivity index (χ1n) is 3.89. The highest BCUT2D eigenvalue weighted by Crippen LogP contribution is 2.05. The monoisotopic (exact) mass is 216 g/mol. The van der Waals surface area contributed by atoms with Crippen molar-refractivity contribution in [3.05, 3.63) is 36.3 Å². The maximum atomic E-state index is 5.61. The Bertz CT molecular complexity index is 351. The summed E-state index contributed by atoms with van der Waals surface area (Å²) in [4.78, 5) is 4.38. The Balaban J connectivity index is 0.000000845. The molecule has 0 aromatic carbocycles. The van der Waals surface area contributed by atoms with Crippen LogP contribution in [-0.2, 0) is 6.42 Å². The molecule has 0 aliphatic rings. The van der Waals surface area contributed by atoms with Crippen molar-refractivity contribution in [1.29, 1.82) is 0 Å². The summed E-state index contributed by atoms with van der Waals surface area (Å²) in [5.41, 5.74) is 2.04. The van der Waals surface area contributed by atoms with Crippen LogP contribution in [0.2, 0.25) is 0 Å². The molecule has 0 saturated heterocycles. The minimum absolute atomic E-state index is 0. The van der Waals surface area contributed by atoms with Crippen LogP contribution >= 0.6 is 24.0 Å². The molecule has 0 spiro atoms. The van der Waals surface area contributed by atoms with Crippen molar-refractivity contribution in [3.8, 4) is 0 Å². The molecule has 0 N–H and O–H groups in total. The van der Waals surface area contributed by atoms with Crippen LogP contribution in [0.5, 0.6) is 0 Å². The third kappa shape index (κ3) is 2.14. The lowest BCUT2D eigenvalue weighted by molar-refractivity contribution is 1.08. The number of aryl methyl sites for hydroxylation is 1. The SMILES string of the molecule is Cl.ClCCc1cn2ccccc2n1. The maximum Gasteiger partial charge on any atom is 0.136 e. The molecule has 2 aromatic rings. The van der Waals surface area contributed by atoms with E-state index in [1.54, 1.807) is 0 Å². The van der Waals surface area contributed by atoms with E-state index in [0.29, 0.717) is 5.88 Å². The number of aromatic nitrogens is 2. The number of hydrogen-bond donors (Lipinski definition) is 0. The molecule has 0 amide bonds. The molecule has 70 valence electrons. The molecular weight excluding hydrogens is 207 g/mol. The predicted octanol–water partition coefficient (Wildman–Crippen LogP) is 2.54. The molecule has 0 saturated carbocycles. The predicted molar refractivity (Wildman–Crippen MR) is 56.9 cm³/mol. The van der Waals surface area contributed by atoms with E-state index in [1.165, 1.54) is 0 Å². The van der Waals surface area contributed by atoms with E-state index in [0.717, 1.165) is 17.8 Å². The quantitative estimate of drug-likeness (QED) is 0.706. The van der Waals surface area contributed by atoms with E-state index >= 15 is 0 Å². The van der Waals surface area contributed by atoms with Crippen LogP contribution in [0.15, 0.2) is 30.6 Å². The fraction of sp³-hybridized carbons (Fsp3) is 0.222. The first kappa shape index (κ1) is 10.4. The molecule has 13 heavy (non-hydrogen) atoms. The summed E-state index contributed by atoms with van der Waals surface area (Å²) in [6.45, 7) is 0. The van der Waals surface area contributed by atoms with Gasteiger partial charge in [-0.15, -0.1) is 24.0 Å². The Hall–Kier alpha value is -0.730. The zero-order chi connectivity index (χ0) is 8.39. The summed E-state index contributed by atoms with van der Waals surface area (Å²) in [7, 11) is 0. The number of rotatable bonds is 2. The normalized spacial score (nSPS) is 9.92. The van der Waals surface area contributed by atoms with Gasteiger partial charge in [-0.25, -0.2) is 4.98 Å². The molecule has 0 fully saturated rings. The van der Waals surface area contributed by atoms with Crippen LogP contribution in [0.1, 0.15) is 5.69 Å². The lowest BCUT2D eigenvalue weighted by atomic mass is 10.4. The lowest BCUT2D eigenvalue weighted by Gasteiger charge is -1.86. The van der Waals surface area contributed by atoms with Gasteiger partial charge in [0.1, 0.15) is 5.65 Å². The van der Waals surface area contributed by atoms with E-state index in [2.05, 4.69) is 4.98 Å². The van der Waals surface area contributed by atoms with Gasteiger partial charge in [-0.05, 0) is 12.1 Å². The number of alkyl halides is 1. The molecule has 0 aliphatic carbocycles. The van der Waals surface area contributed by atoms with E-state index in [4.69, 9.17) is 11.6 Å². The highest BCUT2D eigenvalue weighted by atomic mass is 35.5. The number of halogens is 2. The van der Waals surface area contributed by atoms with Gasteiger partial charge in [-0.1, -0.05) is 6.07 Å².